The minimum Gasteiger partial charge on any atom is -0.379 e. The average molecular weight is 439 g/mol. The van der Waals surface area contributed by atoms with Crippen molar-refractivity contribution in [1.82, 2.24) is 14.7 Å². The molecule has 0 aliphatic carbocycles. The lowest BCUT2D eigenvalue weighted by atomic mass is 10.2. The maximum absolute atomic E-state index is 12.4. The fourth-order valence-corrected chi connectivity index (χ4v) is 3.91. The molecule has 0 unspecified atom stereocenters. The highest BCUT2D eigenvalue weighted by atomic mass is 79.9. The third-order valence-electron chi connectivity index (χ3n) is 4.95. The summed E-state index contributed by atoms with van der Waals surface area (Å²) in [6.07, 6.45) is 0. The summed E-state index contributed by atoms with van der Waals surface area (Å²) >= 11 is 3.48. The third kappa shape index (κ3) is 6.00. The van der Waals surface area contributed by atoms with Gasteiger partial charge in [-0.25, -0.2) is 0 Å². The zero-order chi connectivity index (χ0) is 19.2. The molecule has 2 aliphatic rings. The van der Waals surface area contributed by atoms with E-state index in [0.29, 0.717) is 39.4 Å². The van der Waals surface area contributed by atoms with Gasteiger partial charge >= 0.3 is 0 Å². The van der Waals surface area contributed by atoms with Crippen LogP contribution in [-0.2, 0) is 14.3 Å². The van der Waals surface area contributed by atoms with Crippen molar-refractivity contribution in [3.05, 3.63) is 28.2 Å². The third-order valence-corrected chi connectivity index (χ3v) is 5.61. The monoisotopic (exact) mass is 438 g/mol. The van der Waals surface area contributed by atoms with Gasteiger partial charge < -0.3 is 15.0 Å². The Morgan fingerprint density at radius 2 is 1.70 bits per heavy atom. The Balaban J connectivity index is 1.40. The van der Waals surface area contributed by atoms with E-state index in [-0.39, 0.29) is 11.8 Å². The molecule has 2 saturated heterocycles. The number of morpholine rings is 1. The van der Waals surface area contributed by atoms with Crippen LogP contribution in [0.5, 0.6) is 0 Å². The first-order valence-corrected chi connectivity index (χ1v) is 10.2. The first kappa shape index (κ1) is 20.3. The summed E-state index contributed by atoms with van der Waals surface area (Å²) in [5, 5.41) is 2.95. The zero-order valence-corrected chi connectivity index (χ0v) is 17.3. The number of amides is 2. The van der Waals surface area contributed by atoms with Crippen molar-refractivity contribution in [1.29, 1.82) is 0 Å². The molecule has 8 heteroatoms. The number of ether oxygens (including phenoxy) is 1. The SMILES string of the molecule is Cc1ccc(NC(=O)CN2CCN(C(=O)CN3CCOCC3)CC2)c(Br)c1. The molecular formula is C19H27BrN4O3. The molecule has 0 aromatic heterocycles. The van der Waals surface area contributed by atoms with Gasteiger partial charge in [0.1, 0.15) is 0 Å². The van der Waals surface area contributed by atoms with Crippen LogP contribution in [0, 0.1) is 6.92 Å². The van der Waals surface area contributed by atoms with E-state index in [1.807, 2.05) is 30.0 Å². The Bertz CT molecular complexity index is 671. The van der Waals surface area contributed by atoms with E-state index in [1.165, 1.54) is 0 Å². The number of benzene rings is 1. The summed E-state index contributed by atoms with van der Waals surface area (Å²) in [5.74, 6) is 0.136. The average Bonchev–Trinajstić information content (AvgIpc) is 2.65. The number of nitrogens with zero attached hydrogens (tertiary/aromatic N) is 3. The standard InChI is InChI=1S/C19H27BrN4O3/c1-15-2-3-17(16(20)12-15)21-18(25)13-22-4-6-24(7-5-22)19(26)14-23-8-10-27-11-9-23/h2-3,12H,4-11,13-14H2,1H3,(H,21,25). The molecule has 2 amide bonds. The smallest absolute Gasteiger partial charge is 0.238 e. The Morgan fingerprint density at radius 3 is 2.37 bits per heavy atom. The summed E-state index contributed by atoms with van der Waals surface area (Å²) in [5.41, 5.74) is 1.92. The Morgan fingerprint density at radius 1 is 1.04 bits per heavy atom. The fourth-order valence-electron chi connectivity index (χ4n) is 3.32. The van der Waals surface area contributed by atoms with Gasteiger partial charge in [-0.3, -0.25) is 19.4 Å². The molecule has 2 fully saturated rings. The number of hydrogen-bond donors (Lipinski definition) is 1. The Kier molecular flexibility index (Phi) is 7.23. The van der Waals surface area contributed by atoms with Gasteiger partial charge in [-0.15, -0.1) is 0 Å². The van der Waals surface area contributed by atoms with Crippen molar-refractivity contribution in [3.8, 4) is 0 Å². The summed E-state index contributed by atoms with van der Waals surface area (Å²) in [4.78, 5) is 30.9. The topological polar surface area (TPSA) is 65.1 Å². The van der Waals surface area contributed by atoms with Crippen molar-refractivity contribution in [2.45, 2.75) is 6.92 Å². The molecule has 1 N–H and O–H groups in total. The molecule has 0 saturated carbocycles. The van der Waals surface area contributed by atoms with Crippen LogP contribution in [0.25, 0.3) is 0 Å². The van der Waals surface area contributed by atoms with E-state index >= 15 is 0 Å². The van der Waals surface area contributed by atoms with Gasteiger partial charge in [0.05, 0.1) is 32.0 Å². The lowest BCUT2D eigenvalue weighted by Crippen LogP contribution is -2.53. The van der Waals surface area contributed by atoms with E-state index in [4.69, 9.17) is 4.74 Å². The van der Waals surface area contributed by atoms with Crippen LogP contribution in [-0.4, -0.2) is 92.1 Å². The summed E-state index contributed by atoms with van der Waals surface area (Å²) < 4.78 is 6.20. The highest BCUT2D eigenvalue weighted by Gasteiger charge is 2.24. The molecule has 2 aliphatic heterocycles. The number of halogens is 1. The van der Waals surface area contributed by atoms with E-state index in [2.05, 4.69) is 31.0 Å². The van der Waals surface area contributed by atoms with Crippen LogP contribution in [0.3, 0.4) is 0 Å². The van der Waals surface area contributed by atoms with Crippen LogP contribution < -0.4 is 5.32 Å². The van der Waals surface area contributed by atoms with Crippen LogP contribution in [0.1, 0.15) is 5.56 Å². The molecule has 27 heavy (non-hydrogen) atoms. The van der Waals surface area contributed by atoms with Gasteiger partial charge in [0.2, 0.25) is 11.8 Å². The molecule has 0 spiro atoms. The summed E-state index contributed by atoms with van der Waals surface area (Å²) in [6, 6.07) is 5.85. The van der Waals surface area contributed by atoms with Gasteiger partial charge in [-0.05, 0) is 40.5 Å². The molecule has 1 aromatic carbocycles. The molecule has 0 atom stereocenters. The molecule has 3 rings (SSSR count). The van der Waals surface area contributed by atoms with E-state index in [9.17, 15) is 9.59 Å². The predicted molar refractivity (Wildman–Crippen MR) is 108 cm³/mol. The summed E-state index contributed by atoms with van der Waals surface area (Å²) in [6.45, 7) is 8.64. The number of nitrogens with one attached hydrogen (secondary N) is 1. The van der Waals surface area contributed by atoms with Crippen LogP contribution in [0.15, 0.2) is 22.7 Å². The fraction of sp³-hybridized carbons (Fsp3) is 0.579. The molecule has 0 radical (unpaired) electrons. The van der Waals surface area contributed by atoms with Crippen molar-refractivity contribution in [2.75, 3.05) is 70.9 Å². The molecule has 2 heterocycles. The first-order chi connectivity index (χ1) is 13.0. The van der Waals surface area contributed by atoms with Gasteiger partial charge in [0.25, 0.3) is 0 Å². The Hall–Kier alpha value is -1.48. The minimum atomic E-state index is -0.0346. The minimum absolute atomic E-state index is 0.0346. The zero-order valence-electron chi connectivity index (χ0n) is 15.7. The maximum atomic E-state index is 12.4. The van der Waals surface area contributed by atoms with Gasteiger partial charge in [-0.2, -0.15) is 0 Å². The molecule has 7 nitrogen and oxygen atoms in total. The summed E-state index contributed by atoms with van der Waals surface area (Å²) in [7, 11) is 0. The second-order valence-corrected chi connectivity index (χ2v) is 7.93. The highest BCUT2D eigenvalue weighted by Crippen LogP contribution is 2.23. The number of hydrogen-bond acceptors (Lipinski definition) is 5. The lowest BCUT2D eigenvalue weighted by Gasteiger charge is -2.36. The number of piperazine rings is 1. The van der Waals surface area contributed by atoms with Gasteiger partial charge in [0.15, 0.2) is 0 Å². The second kappa shape index (κ2) is 9.64. The molecular weight excluding hydrogens is 412 g/mol. The molecule has 148 valence electrons. The van der Waals surface area contributed by atoms with E-state index in [1.54, 1.807) is 0 Å². The molecule has 1 aromatic rings. The number of anilines is 1. The van der Waals surface area contributed by atoms with Crippen molar-refractivity contribution in [2.24, 2.45) is 0 Å². The van der Waals surface area contributed by atoms with E-state index in [0.717, 1.165) is 41.9 Å². The molecule has 0 bridgehead atoms. The van der Waals surface area contributed by atoms with Crippen LogP contribution in [0.2, 0.25) is 0 Å². The quantitative estimate of drug-likeness (QED) is 0.747. The maximum Gasteiger partial charge on any atom is 0.238 e. The number of aryl methyl sites for hydroxylation is 1. The first-order valence-electron chi connectivity index (χ1n) is 9.37. The number of carbonyl (C=O) groups excluding carboxylic acids is 2. The number of carbonyl (C=O) groups is 2. The van der Waals surface area contributed by atoms with Gasteiger partial charge in [0, 0.05) is 43.7 Å². The van der Waals surface area contributed by atoms with Crippen LogP contribution in [0.4, 0.5) is 5.69 Å². The van der Waals surface area contributed by atoms with Crippen molar-refractivity contribution < 1.29 is 14.3 Å². The van der Waals surface area contributed by atoms with Gasteiger partial charge in [-0.1, -0.05) is 6.07 Å². The van der Waals surface area contributed by atoms with Crippen molar-refractivity contribution >= 4 is 33.4 Å². The highest BCUT2D eigenvalue weighted by molar-refractivity contribution is 9.10. The van der Waals surface area contributed by atoms with Crippen molar-refractivity contribution in [3.63, 3.8) is 0 Å². The predicted octanol–water partition coefficient (Wildman–Crippen LogP) is 1.17. The largest absolute Gasteiger partial charge is 0.379 e. The lowest BCUT2D eigenvalue weighted by molar-refractivity contribution is -0.135. The Labute approximate surface area is 168 Å². The normalized spacial score (nSPS) is 19.1. The number of rotatable bonds is 5. The second-order valence-electron chi connectivity index (χ2n) is 7.08. The van der Waals surface area contributed by atoms with Crippen LogP contribution >= 0.6 is 15.9 Å². The van der Waals surface area contributed by atoms with E-state index < -0.39 is 0 Å².